The van der Waals surface area contributed by atoms with Gasteiger partial charge in [0.05, 0.1) is 32.5 Å². The first kappa shape index (κ1) is 29.9. The average Bonchev–Trinajstić information content (AvgIpc) is 3.80. The number of nitrogens with two attached hydrogens (primary N) is 2. The van der Waals surface area contributed by atoms with Crippen LogP contribution in [0, 0.1) is 0 Å². The van der Waals surface area contributed by atoms with Gasteiger partial charge in [0.25, 0.3) is 0 Å². The van der Waals surface area contributed by atoms with Crippen molar-refractivity contribution in [3.8, 4) is 0 Å². The van der Waals surface area contributed by atoms with E-state index in [4.69, 9.17) is 43.8 Å². The number of rotatable bonds is 2. The highest BCUT2D eigenvalue weighted by Gasteiger charge is 2.66. The molecule has 4 aromatic heterocycles. The van der Waals surface area contributed by atoms with Crippen molar-refractivity contribution in [2.24, 2.45) is 0 Å². The molecular formula is C21H23FN10O9P2S2. The van der Waals surface area contributed by atoms with Crippen LogP contribution in [0.4, 0.5) is 16.0 Å². The van der Waals surface area contributed by atoms with Gasteiger partial charge in [0.2, 0.25) is 0 Å². The largest absolute Gasteiger partial charge is 0.386 e. The van der Waals surface area contributed by atoms with Crippen molar-refractivity contribution in [2.75, 3.05) is 31.3 Å². The lowest BCUT2D eigenvalue weighted by Gasteiger charge is -2.32. The summed E-state index contributed by atoms with van der Waals surface area (Å²) in [4.78, 5) is 24.7. The molecule has 0 aromatic carbocycles. The molecule has 4 aliphatic heterocycles. The Morgan fingerprint density at radius 2 is 1.47 bits per heavy atom. The Morgan fingerprint density at radius 3 is 2.13 bits per heavy atom. The normalized spacial score (nSPS) is 40.3. The molecule has 0 aliphatic carbocycles. The van der Waals surface area contributed by atoms with Crippen LogP contribution in [-0.4, -0.2) is 95.0 Å². The van der Waals surface area contributed by atoms with Crippen LogP contribution in [0.1, 0.15) is 12.5 Å². The lowest BCUT2D eigenvalue weighted by Crippen LogP contribution is -2.45. The third kappa shape index (κ3) is 4.86. The Labute approximate surface area is 261 Å². The molecule has 240 valence electrons. The van der Waals surface area contributed by atoms with Gasteiger partial charge >= 0.3 is 13.6 Å². The van der Waals surface area contributed by atoms with Gasteiger partial charge in [-0.15, -0.1) is 0 Å². The molecule has 4 fully saturated rings. The fourth-order valence-electron chi connectivity index (χ4n) is 5.87. The third-order valence-corrected chi connectivity index (χ3v) is 11.1. The molecule has 45 heavy (non-hydrogen) atoms. The van der Waals surface area contributed by atoms with Crippen LogP contribution in [0.5, 0.6) is 0 Å². The molecule has 4 N–H and O–H groups in total. The molecule has 24 heteroatoms. The molecule has 0 spiro atoms. The van der Waals surface area contributed by atoms with Gasteiger partial charge in [-0.1, -0.05) is 24.5 Å². The number of aromatic nitrogens is 8. The maximum absolute atomic E-state index is 15.9. The topological polar surface area (TPSA) is 238 Å². The highest BCUT2D eigenvalue weighted by molar-refractivity contribution is 8.44. The minimum absolute atomic E-state index is 0.0739. The molecule has 10 atom stereocenters. The second-order valence-electron chi connectivity index (χ2n) is 10.6. The molecule has 19 nitrogen and oxygen atoms in total. The molecule has 4 aromatic rings. The van der Waals surface area contributed by atoms with Crippen molar-refractivity contribution in [2.45, 2.75) is 48.6 Å². The first-order valence-corrected chi connectivity index (χ1v) is 18.6. The minimum Gasteiger partial charge on any atom is -0.382 e. The second kappa shape index (κ2) is 10.5. The van der Waals surface area contributed by atoms with Gasteiger partial charge in [-0.25, -0.2) is 43.4 Å². The van der Waals surface area contributed by atoms with Gasteiger partial charge in [0, 0.05) is 0 Å². The summed E-state index contributed by atoms with van der Waals surface area (Å²) < 4.78 is 87.1. The predicted molar refractivity (Wildman–Crippen MR) is 156 cm³/mol. The fourth-order valence-corrected chi connectivity index (χ4v) is 8.84. The summed E-state index contributed by atoms with van der Waals surface area (Å²) in [6.07, 6.45) is -4.12. The van der Waals surface area contributed by atoms with Gasteiger partial charge < -0.3 is 25.7 Å². The SMILES string of the molecule is Nc1ncnc2c1ncn2[C@@H]1O[C@@H]2CO[P@@](=O)(S)O[C@H]3[C@H]4OC[C@]3(CO[P@](=O)(S)O[C@@H]1[C@H]2F)O[C@H]4n1cnc2c(N)ncnc21. The zero-order valence-corrected chi connectivity index (χ0v) is 26.1. The van der Waals surface area contributed by atoms with Crippen molar-refractivity contribution in [3.05, 3.63) is 25.3 Å². The molecule has 8 heterocycles. The number of halogens is 1. The molecule has 0 amide bonds. The van der Waals surface area contributed by atoms with E-state index in [-0.39, 0.29) is 29.4 Å². The van der Waals surface area contributed by atoms with Crippen molar-refractivity contribution in [1.82, 2.24) is 39.0 Å². The van der Waals surface area contributed by atoms with Crippen molar-refractivity contribution in [3.63, 3.8) is 0 Å². The van der Waals surface area contributed by atoms with Gasteiger partial charge in [-0.05, 0) is 0 Å². The van der Waals surface area contributed by atoms with Crippen LogP contribution in [0.15, 0.2) is 25.3 Å². The highest BCUT2D eigenvalue weighted by Crippen LogP contribution is 2.63. The Balaban J connectivity index is 1.14. The summed E-state index contributed by atoms with van der Waals surface area (Å²) in [6.45, 7) is -9.90. The first-order chi connectivity index (χ1) is 21.5. The van der Waals surface area contributed by atoms with Crippen LogP contribution >= 0.6 is 38.1 Å². The van der Waals surface area contributed by atoms with Crippen molar-refractivity contribution < 1.29 is 45.8 Å². The standard InChI is InChI=1S/C21H23FN10O9P2S2/c22-9-8-1-36-42(33,44)41-14-13-20(32-7-30-11-16(24)26-5-28-18(11)32)39-21(14,2-35-13)3-37-43(34,45)40-12(9)19(38-8)31-6-29-10-15(23)25-4-27-17(10)31/h4-9,12-14,19-20H,1-3H2,(H,33,44)(H,34,45)(H2,23,25,27)(H2,24,26,28)/t8-,9+,12-,13-,14+,19-,20-,21-,42-,43+/m1/s1. The van der Waals surface area contributed by atoms with Crippen molar-refractivity contribution >= 4 is 72.1 Å². The number of ether oxygens (including phenoxy) is 3. The molecule has 8 rings (SSSR count). The molecule has 4 saturated heterocycles. The summed E-state index contributed by atoms with van der Waals surface area (Å²) in [7, 11) is 0. The molecule has 0 unspecified atom stereocenters. The van der Waals surface area contributed by atoms with Gasteiger partial charge in [-0.3, -0.25) is 27.2 Å². The average molecular weight is 705 g/mol. The summed E-state index contributed by atoms with van der Waals surface area (Å²) >= 11 is 8.28. The summed E-state index contributed by atoms with van der Waals surface area (Å²) in [5, 5.41) is 0. The number of alkyl halides is 1. The van der Waals surface area contributed by atoms with E-state index in [9.17, 15) is 9.13 Å². The molecule has 0 radical (unpaired) electrons. The predicted octanol–water partition coefficient (Wildman–Crippen LogP) is 1.63. The van der Waals surface area contributed by atoms with Crippen LogP contribution in [0.2, 0.25) is 0 Å². The number of nitrogen functional groups attached to an aromatic ring is 2. The number of hydrogen-bond acceptors (Lipinski definition) is 17. The van der Waals surface area contributed by atoms with Crippen LogP contribution < -0.4 is 11.5 Å². The molecule has 4 aliphatic rings. The first-order valence-electron chi connectivity index (χ1n) is 13.2. The summed E-state index contributed by atoms with van der Waals surface area (Å²) in [6, 6.07) is 0. The fraction of sp³-hybridized carbons (Fsp3) is 0.524. The maximum Gasteiger partial charge on any atom is 0.386 e. The molecule has 0 saturated carbocycles. The maximum atomic E-state index is 15.9. The molecule has 4 bridgehead atoms. The van der Waals surface area contributed by atoms with E-state index in [1.165, 1.54) is 34.4 Å². The lowest BCUT2D eigenvalue weighted by atomic mass is 10.0. The second-order valence-corrected chi connectivity index (χ2v) is 16.4. The van der Waals surface area contributed by atoms with Crippen LogP contribution in [0.25, 0.3) is 22.3 Å². The monoisotopic (exact) mass is 704 g/mol. The van der Waals surface area contributed by atoms with Gasteiger partial charge in [0.1, 0.15) is 53.7 Å². The number of imidazole rings is 2. The Bertz CT molecular complexity index is 1920. The zero-order chi connectivity index (χ0) is 31.3. The third-order valence-electron chi connectivity index (χ3n) is 7.94. The van der Waals surface area contributed by atoms with E-state index < -0.39 is 75.5 Å². The van der Waals surface area contributed by atoms with Gasteiger partial charge in [0.15, 0.2) is 41.6 Å². The Hall–Kier alpha value is -2.49. The molecular weight excluding hydrogens is 681 g/mol. The van der Waals surface area contributed by atoms with Crippen LogP contribution in [-0.2, 0) is 41.4 Å². The van der Waals surface area contributed by atoms with E-state index in [0.29, 0.717) is 11.2 Å². The zero-order valence-electron chi connectivity index (χ0n) is 22.5. The van der Waals surface area contributed by atoms with E-state index in [1.807, 2.05) is 0 Å². The Morgan fingerprint density at radius 1 is 0.844 bits per heavy atom. The number of thiol groups is 2. The number of nitrogens with zero attached hydrogens (tertiary/aromatic N) is 8. The summed E-state index contributed by atoms with van der Waals surface area (Å²) in [5.74, 6) is 0.218. The number of anilines is 2. The lowest BCUT2D eigenvalue weighted by molar-refractivity contribution is -0.182. The Kier molecular flexibility index (Phi) is 6.98. The van der Waals surface area contributed by atoms with E-state index in [1.54, 1.807) is 0 Å². The van der Waals surface area contributed by atoms with Crippen molar-refractivity contribution in [1.29, 1.82) is 0 Å². The smallest absolute Gasteiger partial charge is 0.382 e. The highest BCUT2D eigenvalue weighted by atomic mass is 32.7. The number of fused-ring (bicyclic) bond motifs is 4. The van der Waals surface area contributed by atoms with E-state index >= 15 is 4.39 Å². The summed E-state index contributed by atoms with van der Waals surface area (Å²) in [5.41, 5.74) is 11.4. The quantitative estimate of drug-likeness (QED) is 0.171. The van der Waals surface area contributed by atoms with Gasteiger partial charge in [-0.2, -0.15) is 0 Å². The van der Waals surface area contributed by atoms with E-state index in [2.05, 4.69) is 54.4 Å². The van der Waals surface area contributed by atoms with E-state index in [0.717, 1.165) is 0 Å². The number of hydrogen-bond donors (Lipinski definition) is 4. The van der Waals surface area contributed by atoms with Crippen LogP contribution in [0.3, 0.4) is 0 Å². The minimum atomic E-state index is -4.38.